The molecule has 5 rings (SSSR count). The molecule has 1 aliphatic heterocycles. The first-order valence-electron chi connectivity index (χ1n) is 11.5. The first-order valence-corrected chi connectivity index (χ1v) is 12.9. The summed E-state index contributed by atoms with van der Waals surface area (Å²) in [6.45, 7) is 5.22. The number of aromatic nitrogens is 3. The van der Waals surface area contributed by atoms with Crippen molar-refractivity contribution in [3.05, 3.63) is 66.1 Å². The van der Waals surface area contributed by atoms with Crippen LogP contribution in [0.3, 0.4) is 0 Å². The highest BCUT2D eigenvalue weighted by molar-refractivity contribution is 7.89. The standard InChI is InChI=1S/C25H26N4O5S/c1-17(2)24-26-27-25(34-24)22-15-18-6-3-4-9-21(18)29(22)16-23(30)19-7-5-8-20(14-19)35(31,32)28-10-12-33-13-11-28/h3-9,14-15,17H,10-13,16H2,1-2H3. The van der Waals surface area contributed by atoms with E-state index >= 15 is 0 Å². The van der Waals surface area contributed by atoms with E-state index in [9.17, 15) is 13.2 Å². The maximum Gasteiger partial charge on any atom is 0.264 e. The molecule has 3 heterocycles. The summed E-state index contributed by atoms with van der Waals surface area (Å²) in [5.74, 6) is 0.701. The zero-order chi connectivity index (χ0) is 24.6. The van der Waals surface area contributed by atoms with Crippen molar-refractivity contribution < 1.29 is 22.4 Å². The summed E-state index contributed by atoms with van der Waals surface area (Å²) in [7, 11) is -3.71. The van der Waals surface area contributed by atoms with Crippen molar-refractivity contribution in [3.8, 4) is 11.6 Å². The molecule has 0 bridgehead atoms. The fourth-order valence-corrected chi connectivity index (χ4v) is 5.58. The van der Waals surface area contributed by atoms with Crippen molar-refractivity contribution in [2.24, 2.45) is 0 Å². The third-order valence-electron chi connectivity index (χ3n) is 6.03. The number of Topliss-reactive ketones (excluding diaryl/α,β-unsaturated/α-hetero) is 1. The topological polar surface area (TPSA) is 108 Å². The number of carbonyl (C=O) groups is 1. The molecule has 10 heteroatoms. The molecule has 1 fully saturated rings. The molecule has 182 valence electrons. The van der Waals surface area contributed by atoms with E-state index in [1.165, 1.54) is 16.4 Å². The van der Waals surface area contributed by atoms with Crippen LogP contribution in [0.1, 0.15) is 36.0 Å². The van der Waals surface area contributed by atoms with Crippen LogP contribution in [-0.4, -0.2) is 59.6 Å². The van der Waals surface area contributed by atoms with Gasteiger partial charge in [-0.2, -0.15) is 4.31 Å². The molecule has 2 aromatic heterocycles. The quantitative estimate of drug-likeness (QED) is 0.360. The molecule has 0 radical (unpaired) electrons. The smallest absolute Gasteiger partial charge is 0.264 e. The number of morpholine rings is 1. The molecule has 0 spiro atoms. The van der Waals surface area contributed by atoms with Crippen LogP contribution in [0.4, 0.5) is 0 Å². The van der Waals surface area contributed by atoms with Crippen LogP contribution < -0.4 is 0 Å². The largest absolute Gasteiger partial charge is 0.419 e. The fraction of sp³-hybridized carbons (Fsp3) is 0.320. The van der Waals surface area contributed by atoms with E-state index in [1.807, 2.05) is 48.7 Å². The Kier molecular flexibility index (Phi) is 6.26. The lowest BCUT2D eigenvalue weighted by Crippen LogP contribution is -2.40. The number of fused-ring (bicyclic) bond motifs is 1. The zero-order valence-corrected chi connectivity index (χ0v) is 20.4. The molecule has 0 aliphatic carbocycles. The Bertz CT molecular complexity index is 1480. The van der Waals surface area contributed by atoms with Gasteiger partial charge in [0.05, 0.1) is 24.7 Å². The molecule has 0 atom stereocenters. The van der Waals surface area contributed by atoms with Crippen LogP contribution in [0.15, 0.2) is 63.9 Å². The monoisotopic (exact) mass is 494 g/mol. The summed E-state index contributed by atoms with van der Waals surface area (Å²) in [4.78, 5) is 13.5. The zero-order valence-electron chi connectivity index (χ0n) is 19.5. The Labute approximate surface area is 203 Å². The van der Waals surface area contributed by atoms with E-state index in [0.29, 0.717) is 49.3 Å². The summed E-state index contributed by atoms with van der Waals surface area (Å²) in [5, 5.41) is 9.26. The summed E-state index contributed by atoms with van der Waals surface area (Å²) < 4.78 is 40.5. The van der Waals surface area contributed by atoms with Crippen molar-refractivity contribution in [2.75, 3.05) is 26.3 Å². The lowest BCUT2D eigenvalue weighted by atomic mass is 10.1. The van der Waals surface area contributed by atoms with E-state index in [-0.39, 0.29) is 23.1 Å². The van der Waals surface area contributed by atoms with Crippen LogP contribution in [0.2, 0.25) is 0 Å². The van der Waals surface area contributed by atoms with Gasteiger partial charge in [-0.25, -0.2) is 8.42 Å². The van der Waals surface area contributed by atoms with Gasteiger partial charge < -0.3 is 13.7 Å². The van der Waals surface area contributed by atoms with Crippen LogP contribution >= 0.6 is 0 Å². The van der Waals surface area contributed by atoms with Crippen molar-refractivity contribution >= 4 is 26.7 Å². The molecule has 0 N–H and O–H groups in total. The number of hydrogen-bond donors (Lipinski definition) is 0. The van der Waals surface area contributed by atoms with Crippen molar-refractivity contribution in [1.29, 1.82) is 0 Å². The summed E-state index contributed by atoms with van der Waals surface area (Å²) in [6.07, 6.45) is 0. The van der Waals surface area contributed by atoms with Gasteiger partial charge in [-0.15, -0.1) is 10.2 Å². The number of hydrogen-bond acceptors (Lipinski definition) is 7. The van der Waals surface area contributed by atoms with E-state index < -0.39 is 10.0 Å². The van der Waals surface area contributed by atoms with Gasteiger partial charge in [-0.05, 0) is 24.3 Å². The maximum absolute atomic E-state index is 13.4. The minimum atomic E-state index is -3.71. The van der Waals surface area contributed by atoms with Gasteiger partial charge in [0.25, 0.3) is 5.89 Å². The second-order valence-corrected chi connectivity index (χ2v) is 10.7. The fourth-order valence-electron chi connectivity index (χ4n) is 4.13. The Morgan fingerprint density at radius 1 is 1.03 bits per heavy atom. The minimum absolute atomic E-state index is 0.0106. The molecular formula is C25H26N4O5S. The Morgan fingerprint density at radius 3 is 2.54 bits per heavy atom. The van der Waals surface area contributed by atoms with Gasteiger partial charge in [-0.3, -0.25) is 4.79 Å². The molecular weight excluding hydrogens is 468 g/mol. The highest BCUT2D eigenvalue weighted by Gasteiger charge is 2.27. The van der Waals surface area contributed by atoms with Crippen LogP contribution in [0, 0.1) is 0 Å². The Balaban J connectivity index is 1.49. The van der Waals surface area contributed by atoms with Gasteiger partial charge in [0.2, 0.25) is 15.9 Å². The highest BCUT2D eigenvalue weighted by atomic mass is 32.2. The SMILES string of the molecule is CC(C)c1nnc(-c2cc3ccccc3n2CC(=O)c2cccc(S(=O)(=O)N3CCOCC3)c2)o1. The van der Waals surface area contributed by atoms with Crippen molar-refractivity contribution in [2.45, 2.75) is 31.2 Å². The van der Waals surface area contributed by atoms with Gasteiger partial charge in [-0.1, -0.05) is 44.2 Å². The molecule has 4 aromatic rings. The van der Waals surface area contributed by atoms with Crippen LogP contribution in [-0.2, 0) is 21.3 Å². The number of nitrogens with zero attached hydrogens (tertiary/aromatic N) is 4. The predicted octanol–water partition coefficient (Wildman–Crippen LogP) is 3.72. The molecule has 1 saturated heterocycles. The molecule has 0 amide bonds. The van der Waals surface area contributed by atoms with Crippen LogP contribution in [0.25, 0.3) is 22.5 Å². The molecule has 9 nitrogen and oxygen atoms in total. The normalized spacial score (nSPS) is 15.2. The average molecular weight is 495 g/mol. The van der Waals surface area contributed by atoms with Crippen molar-refractivity contribution in [1.82, 2.24) is 19.1 Å². The van der Waals surface area contributed by atoms with Gasteiger partial charge in [0.1, 0.15) is 5.69 Å². The lowest BCUT2D eigenvalue weighted by molar-refractivity contribution is 0.0730. The van der Waals surface area contributed by atoms with Gasteiger partial charge in [0.15, 0.2) is 5.78 Å². The predicted molar refractivity (Wildman–Crippen MR) is 130 cm³/mol. The number of benzene rings is 2. The number of ketones is 1. The minimum Gasteiger partial charge on any atom is -0.419 e. The van der Waals surface area contributed by atoms with Gasteiger partial charge >= 0.3 is 0 Å². The third kappa shape index (κ3) is 4.52. The van der Waals surface area contributed by atoms with E-state index in [0.717, 1.165) is 10.9 Å². The number of para-hydroxylation sites is 1. The van der Waals surface area contributed by atoms with Gasteiger partial charge in [0, 0.05) is 35.5 Å². The van der Waals surface area contributed by atoms with Crippen molar-refractivity contribution in [3.63, 3.8) is 0 Å². The van der Waals surface area contributed by atoms with E-state index in [2.05, 4.69) is 10.2 Å². The molecule has 2 aromatic carbocycles. The first-order chi connectivity index (χ1) is 16.8. The Morgan fingerprint density at radius 2 is 1.80 bits per heavy atom. The number of carbonyl (C=O) groups excluding carboxylic acids is 1. The average Bonchev–Trinajstić information content (AvgIpc) is 3.50. The molecule has 1 aliphatic rings. The number of sulfonamides is 1. The lowest BCUT2D eigenvalue weighted by Gasteiger charge is -2.26. The maximum atomic E-state index is 13.4. The number of ether oxygens (including phenoxy) is 1. The molecule has 35 heavy (non-hydrogen) atoms. The number of rotatable bonds is 7. The Hall–Kier alpha value is -3.34. The second kappa shape index (κ2) is 9.37. The first kappa shape index (κ1) is 23.4. The molecule has 0 saturated carbocycles. The molecule has 0 unspecified atom stereocenters. The summed E-state index contributed by atoms with van der Waals surface area (Å²) >= 11 is 0. The second-order valence-electron chi connectivity index (χ2n) is 8.74. The summed E-state index contributed by atoms with van der Waals surface area (Å²) in [5.41, 5.74) is 1.80. The highest BCUT2D eigenvalue weighted by Crippen LogP contribution is 2.29. The van der Waals surface area contributed by atoms with Crippen LogP contribution in [0.5, 0.6) is 0 Å². The summed E-state index contributed by atoms with van der Waals surface area (Å²) in [6, 6.07) is 15.8. The van der Waals surface area contributed by atoms with E-state index in [4.69, 9.17) is 9.15 Å². The third-order valence-corrected chi connectivity index (χ3v) is 7.92. The van der Waals surface area contributed by atoms with E-state index in [1.54, 1.807) is 12.1 Å².